The largest absolute Gasteiger partial charge is 0.478 e. The molecule has 0 saturated carbocycles. The molecule has 18 heavy (non-hydrogen) atoms. The van der Waals surface area contributed by atoms with Crippen molar-refractivity contribution in [3.8, 4) is 0 Å². The van der Waals surface area contributed by atoms with Crippen molar-refractivity contribution in [1.29, 1.82) is 0 Å². The van der Waals surface area contributed by atoms with E-state index in [9.17, 15) is 9.90 Å². The summed E-state index contributed by atoms with van der Waals surface area (Å²) in [7, 11) is 0. The van der Waals surface area contributed by atoms with Gasteiger partial charge in [0, 0.05) is 11.7 Å². The van der Waals surface area contributed by atoms with E-state index in [1.54, 1.807) is 16.9 Å². The first kappa shape index (κ1) is 12.5. The number of hydrogen-bond acceptors (Lipinski definition) is 3. The summed E-state index contributed by atoms with van der Waals surface area (Å²) in [6.07, 6.45) is 1.58. The fraction of sp³-hybridized carbons (Fsp3) is 0.462. The van der Waals surface area contributed by atoms with Gasteiger partial charge in [-0.1, -0.05) is 13.8 Å². The fourth-order valence-corrected chi connectivity index (χ4v) is 1.89. The van der Waals surface area contributed by atoms with Crippen LogP contribution in [0.25, 0.3) is 11.0 Å². The molecule has 0 atom stereocenters. The molecule has 2 aromatic heterocycles. The zero-order valence-corrected chi connectivity index (χ0v) is 11.0. The second-order valence-electron chi connectivity index (χ2n) is 4.97. The van der Waals surface area contributed by atoms with E-state index in [0.717, 1.165) is 5.69 Å². The highest BCUT2D eigenvalue weighted by Crippen LogP contribution is 2.24. The predicted octanol–water partition coefficient (Wildman–Crippen LogP) is 2.83. The summed E-state index contributed by atoms with van der Waals surface area (Å²) < 4.78 is 1.76. The van der Waals surface area contributed by atoms with Gasteiger partial charge in [0.2, 0.25) is 0 Å². The molecule has 0 aliphatic heterocycles. The van der Waals surface area contributed by atoms with Crippen molar-refractivity contribution in [3.63, 3.8) is 0 Å². The number of aromatic nitrogens is 3. The van der Waals surface area contributed by atoms with Gasteiger partial charge >= 0.3 is 5.97 Å². The van der Waals surface area contributed by atoms with Crippen LogP contribution in [0.3, 0.4) is 0 Å². The number of carboxylic acid groups (broad SMARTS) is 1. The van der Waals surface area contributed by atoms with Crippen LogP contribution in [0.2, 0.25) is 0 Å². The van der Waals surface area contributed by atoms with E-state index in [1.807, 2.05) is 27.7 Å². The number of carbonyl (C=O) groups is 1. The van der Waals surface area contributed by atoms with Crippen molar-refractivity contribution in [2.45, 2.75) is 39.7 Å². The molecule has 2 aromatic rings. The van der Waals surface area contributed by atoms with Crippen molar-refractivity contribution >= 4 is 17.0 Å². The van der Waals surface area contributed by atoms with Crippen LogP contribution in [0.15, 0.2) is 12.3 Å². The maximum atomic E-state index is 11.3. The van der Waals surface area contributed by atoms with Gasteiger partial charge in [-0.25, -0.2) is 14.5 Å². The number of aromatic carboxylic acids is 1. The van der Waals surface area contributed by atoms with Gasteiger partial charge in [-0.05, 0) is 25.8 Å². The predicted molar refractivity (Wildman–Crippen MR) is 69.0 cm³/mol. The summed E-state index contributed by atoms with van der Waals surface area (Å²) in [5.74, 6) is -0.754. The summed E-state index contributed by atoms with van der Waals surface area (Å²) in [5, 5.41) is 14.1. The third kappa shape index (κ3) is 1.96. The molecule has 0 amide bonds. The minimum Gasteiger partial charge on any atom is -0.478 e. The topological polar surface area (TPSA) is 68.0 Å². The maximum absolute atomic E-state index is 11.3. The molecule has 0 aromatic carbocycles. The summed E-state index contributed by atoms with van der Waals surface area (Å²) in [6, 6.07) is 1.79. The van der Waals surface area contributed by atoms with Crippen LogP contribution >= 0.6 is 0 Å². The minimum atomic E-state index is -0.937. The Labute approximate surface area is 105 Å². The van der Waals surface area contributed by atoms with Gasteiger partial charge < -0.3 is 5.11 Å². The van der Waals surface area contributed by atoms with Crippen LogP contribution in [0.4, 0.5) is 0 Å². The number of pyridine rings is 1. The molecular weight excluding hydrogens is 230 g/mol. The molecule has 5 nitrogen and oxygen atoms in total. The van der Waals surface area contributed by atoms with Crippen molar-refractivity contribution in [3.05, 3.63) is 23.5 Å². The van der Waals surface area contributed by atoms with Gasteiger partial charge in [-0.2, -0.15) is 5.10 Å². The molecule has 0 bridgehead atoms. The highest BCUT2D eigenvalue weighted by molar-refractivity contribution is 6.01. The molecule has 96 valence electrons. The lowest BCUT2D eigenvalue weighted by Crippen LogP contribution is -2.07. The fourth-order valence-electron chi connectivity index (χ4n) is 1.89. The molecule has 2 heterocycles. The molecule has 0 aliphatic carbocycles. The van der Waals surface area contributed by atoms with Crippen LogP contribution in [-0.4, -0.2) is 25.8 Å². The first-order valence-corrected chi connectivity index (χ1v) is 6.03. The van der Waals surface area contributed by atoms with Crippen molar-refractivity contribution in [2.75, 3.05) is 0 Å². The van der Waals surface area contributed by atoms with Crippen LogP contribution in [-0.2, 0) is 0 Å². The Hall–Kier alpha value is -1.91. The average Bonchev–Trinajstić information content (AvgIpc) is 2.70. The third-order valence-electron chi connectivity index (χ3n) is 2.90. The van der Waals surface area contributed by atoms with Gasteiger partial charge in [0.15, 0.2) is 5.65 Å². The molecule has 0 unspecified atom stereocenters. The number of fused-ring (bicyclic) bond motifs is 1. The normalized spacial score (nSPS) is 11.7. The SMILES string of the molecule is CC(C)c1cc(C(=O)O)c2cnn(C(C)C)c2n1. The van der Waals surface area contributed by atoms with Crippen molar-refractivity contribution in [1.82, 2.24) is 14.8 Å². The Morgan fingerprint density at radius 1 is 1.33 bits per heavy atom. The molecule has 0 aliphatic rings. The molecular formula is C13H17N3O2. The molecule has 0 saturated heterocycles. The average molecular weight is 247 g/mol. The smallest absolute Gasteiger partial charge is 0.336 e. The number of rotatable bonds is 3. The summed E-state index contributed by atoms with van der Waals surface area (Å²) in [4.78, 5) is 15.8. The van der Waals surface area contributed by atoms with Crippen LogP contribution in [0.1, 0.15) is 55.7 Å². The summed E-state index contributed by atoms with van der Waals surface area (Å²) in [6.45, 7) is 7.99. The Bertz CT molecular complexity index is 600. The van der Waals surface area contributed by atoms with E-state index in [0.29, 0.717) is 11.0 Å². The van der Waals surface area contributed by atoms with Crippen LogP contribution in [0, 0.1) is 0 Å². The van der Waals surface area contributed by atoms with Gasteiger partial charge in [0.25, 0.3) is 0 Å². The first-order chi connectivity index (χ1) is 8.41. The number of nitrogens with zero attached hydrogens (tertiary/aromatic N) is 3. The Morgan fingerprint density at radius 3 is 2.50 bits per heavy atom. The Balaban J connectivity index is 2.79. The van der Waals surface area contributed by atoms with Gasteiger partial charge in [-0.15, -0.1) is 0 Å². The summed E-state index contributed by atoms with van der Waals surface area (Å²) in [5.41, 5.74) is 1.70. The first-order valence-electron chi connectivity index (χ1n) is 6.03. The van der Waals surface area contributed by atoms with Crippen LogP contribution < -0.4 is 0 Å². The van der Waals surface area contributed by atoms with Crippen molar-refractivity contribution < 1.29 is 9.90 Å². The molecule has 2 rings (SSSR count). The number of carboxylic acids is 1. The van der Waals surface area contributed by atoms with E-state index in [1.165, 1.54) is 0 Å². The minimum absolute atomic E-state index is 0.152. The quantitative estimate of drug-likeness (QED) is 0.905. The Kier molecular flexibility index (Phi) is 3.07. The van der Waals surface area contributed by atoms with Crippen LogP contribution in [0.5, 0.6) is 0 Å². The van der Waals surface area contributed by atoms with Crippen molar-refractivity contribution in [2.24, 2.45) is 0 Å². The summed E-state index contributed by atoms with van der Waals surface area (Å²) >= 11 is 0. The second-order valence-corrected chi connectivity index (χ2v) is 4.97. The number of hydrogen-bond donors (Lipinski definition) is 1. The highest BCUT2D eigenvalue weighted by atomic mass is 16.4. The van der Waals surface area contributed by atoms with E-state index in [-0.39, 0.29) is 17.5 Å². The molecule has 5 heteroatoms. The monoisotopic (exact) mass is 247 g/mol. The van der Waals surface area contributed by atoms with Gasteiger partial charge in [0.05, 0.1) is 17.1 Å². The molecule has 0 spiro atoms. The van der Waals surface area contributed by atoms with Gasteiger partial charge in [0.1, 0.15) is 0 Å². The standard InChI is InChI=1S/C13H17N3O2/c1-7(2)11-5-9(13(17)18)10-6-14-16(8(3)4)12(10)15-11/h5-8H,1-4H3,(H,17,18). The highest BCUT2D eigenvalue weighted by Gasteiger charge is 2.17. The van der Waals surface area contributed by atoms with E-state index < -0.39 is 5.97 Å². The lowest BCUT2D eigenvalue weighted by Gasteiger charge is -2.10. The maximum Gasteiger partial charge on any atom is 0.336 e. The molecule has 1 N–H and O–H groups in total. The lowest BCUT2D eigenvalue weighted by molar-refractivity contribution is 0.0699. The van der Waals surface area contributed by atoms with E-state index in [4.69, 9.17) is 0 Å². The third-order valence-corrected chi connectivity index (χ3v) is 2.90. The Morgan fingerprint density at radius 2 is 2.00 bits per heavy atom. The molecule has 0 radical (unpaired) electrons. The van der Waals surface area contributed by atoms with E-state index >= 15 is 0 Å². The second kappa shape index (κ2) is 4.40. The van der Waals surface area contributed by atoms with E-state index in [2.05, 4.69) is 10.1 Å². The zero-order chi connectivity index (χ0) is 13.4. The molecule has 0 fully saturated rings. The van der Waals surface area contributed by atoms with Gasteiger partial charge in [-0.3, -0.25) is 0 Å². The zero-order valence-electron chi connectivity index (χ0n) is 11.0. The lowest BCUT2D eigenvalue weighted by atomic mass is 10.1.